The Hall–Kier alpha value is -2.34. The molecule has 0 saturated carbocycles. The van der Waals surface area contributed by atoms with Gasteiger partial charge in [-0.15, -0.1) is 11.3 Å². The van der Waals surface area contributed by atoms with E-state index in [0.717, 1.165) is 28.0 Å². The molecule has 0 saturated heterocycles. The molecule has 3 heterocycles. The maximum absolute atomic E-state index is 4.47. The minimum atomic E-state index is 0.700. The van der Waals surface area contributed by atoms with Gasteiger partial charge in [0.25, 0.3) is 0 Å². The first-order valence-electron chi connectivity index (χ1n) is 6.60. The van der Waals surface area contributed by atoms with Crippen molar-refractivity contribution in [3.05, 3.63) is 46.9 Å². The highest BCUT2D eigenvalue weighted by Crippen LogP contribution is 2.25. The average Bonchev–Trinajstić information content (AvgIpc) is 2.77. The van der Waals surface area contributed by atoms with E-state index >= 15 is 0 Å². The van der Waals surface area contributed by atoms with Gasteiger partial charge in [0.15, 0.2) is 5.13 Å². The van der Waals surface area contributed by atoms with Crippen molar-refractivity contribution in [3.8, 4) is 11.4 Å². The fraction of sp³-hybridized carbons (Fsp3) is 0.200. The zero-order valence-electron chi connectivity index (χ0n) is 12.1. The molecule has 0 radical (unpaired) electrons. The zero-order chi connectivity index (χ0) is 14.8. The van der Waals surface area contributed by atoms with Gasteiger partial charge in [0, 0.05) is 17.1 Å². The molecule has 0 amide bonds. The molecule has 3 aromatic heterocycles. The first kappa shape index (κ1) is 13.6. The van der Waals surface area contributed by atoms with Crippen LogP contribution in [0.25, 0.3) is 11.4 Å². The first-order valence-corrected chi connectivity index (χ1v) is 7.41. The van der Waals surface area contributed by atoms with Crippen molar-refractivity contribution in [2.45, 2.75) is 20.8 Å². The van der Waals surface area contributed by atoms with Gasteiger partial charge in [-0.25, -0.2) is 15.0 Å². The maximum atomic E-state index is 4.47. The molecule has 5 nitrogen and oxygen atoms in total. The van der Waals surface area contributed by atoms with Gasteiger partial charge >= 0.3 is 0 Å². The molecule has 6 heteroatoms. The van der Waals surface area contributed by atoms with Crippen molar-refractivity contribution < 1.29 is 0 Å². The Balaban J connectivity index is 1.94. The Kier molecular flexibility index (Phi) is 3.62. The van der Waals surface area contributed by atoms with Crippen LogP contribution in [0.15, 0.2) is 30.5 Å². The van der Waals surface area contributed by atoms with Gasteiger partial charge < -0.3 is 5.32 Å². The second-order valence-corrected chi connectivity index (χ2v) is 5.89. The molecule has 3 aromatic rings. The summed E-state index contributed by atoms with van der Waals surface area (Å²) in [5, 5.41) is 4.09. The monoisotopic (exact) mass is 297 g/mol. The fourth-order valence-electron chi connectivity index (χ4n) is 1.91. The molecule has 0 aliphatic carbocycles. The minimum Gasteiger partial charge on any atom is -0.316 e. The molecule has 0 fully saturated rings. The summed E-state index contributed by atoms with van der Waals surface area (Å²) < 4.78 is 0. The summed E-state index contributed by atoms with van der Waals surface area (Å²) in [4.78, 5) is 18.8. The highest BCUT2D eigenvalue weighted by atomic mass is 32.1. The van der Waals surface area contributed by atoms with Crippen molar-refractivity contribution in [3.63, 3.8) is 0 Å². The number of hydrogen-bond acceptors (Lipinski definition) is 6. The number of hydrogen-bond donors (Lipinski definition) is 1. The molecule has 106 valence electrons. The second kappa shape index (κ2) is 5.57. The van der Waals surface area contributed by atoms with Crippen LogP contribution in [-0.2, 0) is 0 Å². The zero-order valence-corrected chi connectivity index (χ0v) is 12.9. The Morgan fingerprint density at radius 3 is 2.52 bits per heavy atom. The summed E-state index contributed by atoms with van der Waals surface area (Å²) in [6.45, 7) is 5.93. The van der Waals surface area contributed by atoms with E-state index in [1.54, 1.807) is 17.5 Å². The van der Waals surface area contributed by atoms with Gasteiger partial charge in [0.1, 0.15) is 11.6 Å². The van der Waals surface area contributed by atoms with E-state index in [0.29, 0.717) is 5.82 Å². The minimum absolute atomic E-state index is 0.700. The lowest BCUT2D eigenvalue weighted by atomic mass is 10.2. The molecule has 0 bridgehead atoms. The van der Waals surface area contributed by atoms with Crippen LogP contribution in [0.2, 0.25) is 0 Å². The standard InChI is InChI=1S/C15H15N5S/c1-9-10(2)21-15(17-9)20-14-8-13(18-11(3)19-14)12-6-4-5-7-16-12/h4-8H,1-3H3,(H,17,18,19,20). The quantitative estimate of drug-likeness (QED) is 0.799. The van der Waals surface area contributed by atoms with Crippen LogP contribution in [0.3, 0.4) is 0 Å². The average molecular weight is 297 g/mol. The Morgan fingerprint density at radius 2 is 1.86 bits per heavy atom. The number of rotatable bonds is 3. The normalized spacial score (nSPS) is 10.6. The third-order valence-electron chi connectivity index (χ3n) is 3.03. The van der Waals surface area contributed by atoms with E-state index in [1.807, 2.05) is 38.1 Å². The highest BCUT2D eigenvalue weighted by molar-refractivity contribution is 7.15. The van der Waals surface area contributed by atoms with Crippen LogP contribution in [0.1, 0.15) is 16.4 Å². The molecule has 0 spiro atoms. The predicted octanol–water partition coefficient (Wildman–Crippen LogP) is 3.66. The van der Waals surface area contributed by atoms with Crippen LogP contribution in [0.5, 0.6) is 0 Å². The number of nitrogens with zero attached hydrogens (tertiary/aromatic N) is 4. The molecule has 0 aliphatic rings. The van der Waals surface area contributed by atoms with Gasteiger partial charge in [0.05, 0.1) is 17.1 Å². The number of anilines is 2. The highest BCUT2D eigenvalue weighted by Gasteiger charge is 2.08. The number of thiazole rings is 1. The Labute approximate surface area is 127 Å². The molecule has 1 N–H and O–H groups in total. The Morgan fingerprint density at radius 1 is 1.00 bits per heavy atom. The van der Waals surface area contributed by atoms with Gasteiger partial charge in [-0.2, -0.15) is 0 Å². The number of pyridine rings is 1. The van der Waals surface area contributed by atoms with Crippen molar-refractivity contribution in [2.75, 3.05) is 5.32 Å². The van der Waals surface area contributed by atoms with Crippen LogP contribution in [0, 0.1) is 20.8 Å². The van der Waals surface area contributed by atoms with E-state index in [2.05, 4.69) is 32.2 Å². The number of aromatic nitrogens is 4. The largest absolute Gasteiger partial charge is 0.316 e. The molecule has 3 rings (SSSR count). The van der Waals surface area contributed by atoms with Crippen molar-refractivity contribution >= 4 is 22.3 Å². The smallest absolute Gasteiger partial charge is 0.188 e. The lowest BCUT2D eigenvalue weighted by molar-refractivity contribution is 1.05. The summed E-state index contributed by atoms with van der Waals surface area (Å²) in [6, 6.07) is 7.66. The topological polar surface area (TPSA) is 63.6 Å². The van der Waals surface area contributed by atoms with Crippen LogP contribution in [-0.4, -0.2) is 19.9 Å². The summed E-state index contributed by atoms with van der Waals surface area (Å²) >= 11 is 1.62. The summed E-state index contributed by atoms with van der Waals surface area (Å²) in [7, 11) is 0. The molecular formula is C15H15N5S. The van der Waals surface area contributed by atoms with Gasteiger partial charge in [-0.1, -0.05) is 6.07 Å². The lowest BCUT2D eigenvalue weighted by Crippen LogP contribution is -1.99. The molecule has 21 heavy (non-hydrogen) atoms. The fourth-order valence-corrected chi connectivity index (χ4v) is 2.73. The third kappa shape index (κ3) is 3.05. The number of nitrogens with one attached hydrogen (secondary N) is 1. The van der Waals surface area contributed by atoms with Crippen LogP contribution < -0.4 is 5.32 Å². The van der Waals surface area contributed by atoms with E-state index in [4.69, 9.17) is 0 Å². The summed E-state index contributed by atoms with van der Waals surface area (Å²) in [5.74, 6) is 1.43. The molecule has 0 atom stereocenters. The van der Waals surface area contributed by atoms with E-state index < -0.39 is 0 Å². The third-order valence-corrected chi connectivity index (χ3v) is 4.02. The molecule has 0 aliphatic heterocycles. The van der Waals surface area contributed by atoms with Gasteiger partial charge in [0.2, 0.25) is 0 Å². The SMILES string of the molecule is Cc1nc(Nc2nc(C)c(C)s2)cc(-c2ccccn2)n1. The number of aryl methyl sites for hydroxylation is 3. The van der Waals surface area contributed by atoms with E-state index in [9.17, 15) is 0 Å². The van der Waals surface area contributed by atoms with Crippen LogP contribution >= 0.6 is 11.3 Å². The van der Waals surface area contributed by atoms with Gasteiger partial charge in [-0.05, 0) is 32.9 Å². The van der Waals surface area contributed by atoms with E-state index in [-0.39, 0.29) is 0 Å². The Bertz CT molecular complexity index is 747. The maximum Gasteiger partial charge on any atom is 0.188 e. The van der Waals surface area contributed by atoms with Crippen molar-refractivity contribution in [2.24, 2.45) is 0 Å². The predicted molar refractivity (Wildman–Crippen MR) is 84.9 cm³/mol. The second-order valence-electron chi connectivity index (χ2n) is 4.69. The van der Waals surface area contributed by atoms with Crippen molar-refractivity contribution in [1.82, 2.24) is 19.9 Å². The summed E-state index contributed by atoms with van der Waals surface area (Å²) in [5.41, 5.74) is 2.67. The van der Waals surface area contributed by atoms with Gasteiger partial charge in [-0.3, -0.25) is 4.98 Å². The molecule has 0 aromatic carbocycles. The van der Waals surface area contributed by atoms with E-state index in [1.165, 1.54) is 4.88 Å². The van der Waals surface area contributed by atoms with Crippen molar-refractivity contribution in [1.29, 1.82) is 0 Å². The molecular weight excluding hydrogens is 282 g/mol. The van der Waals surface area contributed by atoms with Crippen LogP contribution in [0.4, 0.5) is 10.9 Å². The lowest BCUT2D eigenvalue weighted by Gasteiger charge is -2.06. The summed E-state index contributed by atoms with van der Waals surface area (Å²) in [6.07, 6.45) is 1.76. The molecule has 0 unspecified atom stereocenters. The first-order chi connectivity index (χ1) is 10.1.